The highest BCUT2D eigenvalue weighted by Crippen LogP contribution is 2.23. The maximum atomic E-state index is 13.1. The molecule has 3 rings (SSSR count). The van der Waals surface area contributed by atoms with Crippen LogP contribution in [0.4, 0.5) is 10.1 Å². The number of hydrogen-bond donors (Lipinski definition) is 4. The Bertz CT molecular complexity index is 1000. The average Bonchev–Trinajstić information content (AvgIpc) is 3.03. The Balaban J connectivity index is 2.03. The van der Waals surface area contributed by atoms with Gasteiger partial charge in [-0.15, -0.1) is 0 Å². The van der Waals surface area contributed by atoms with Gasteiger partial charge < -0.3 is 15.6 Å². The van der Waals surface area contributed by atoms with Crippen LogP contribution in [-0.4, -0.2) is 39.9 Å². The zero-order valence-corrected chi connectivity index (χ0v) is 14.8. The number of carbonyl (C=O) groups is 1. The first-order chi connectivity index (χ1) is 12.4. The second-order valence-corrected chi connectivity index (χ2v) is 6.00. The van der Waals surface area contributed by atoms with Crippen LogP contribution < -0.4 is 10.6 Å². The number of nitrogens with one attached hydrogen (secondary N) is 4. The third-order valence-electron chi connectivity index (χ3n) is 3.73. The van der Waals surface area contributed by atoms with E-state index in [0.29, 0.717) is 21.9 Å². The normalized spacial score (nSPS) is 12.0. The van der Waals surface area contributed by atoms with Gasteiger partial charge in [0, 0.05) is 29.5 Å². The minimum Gasteiger partial charge on any atom is -0.388 e. The highest BCUT2D eigenvalue weighted by molar-refractivity contribution is 6.31. The zero-order chi connectivity index (χ0) is 18.8. The number of alkyl halides is 1. The molecule has 0 fully saturated rings. The van der Waals surface area contributed by atoms with Crippen LogP contribution in [0.5, 0.6) is 0 Å². The summed E-state index contributed by atoms with van der Waals surface area (Å²) in [4.78, 5) is 23.5. The fraction of sp³-hybridized carbons (Fsp3) is 0.176. The zero-order valence-electron chi connectivity index (χ0n) is 14.0. The van der Waals surface area contributed by atoms with Crippen molar-refractivity contribution in [1.82, 2.24) is 20.3 Å². The largest absolute Gasteiger partial charge is 0.388 e. The van der Waals surface area contributed by atoms with Crippen LogP contribution in [0.15, 0.2) is 30.6 Å². The van der Waals surface area contributed by atoms with Crippen molar-refractivity contribution in [1.29, 1.82) is 5.41 Å². The minimum absolute atomic E-state index is 0.117. The quantitative estimate of drug-likeness (QED) is 0.406. The van der Waals surface area contributed by atoms with E-state index in [4.69, 9.17) is 17.0 Å². The lowest BCUT2D eigenvalue weighted by molar-refractivity contribution is 0.0905. The number of hydrogen-bond acceptors (Lipinski definition) is 5. The molecule has 7 nitrogen and oxygen atoms in total. The number of rotatable bonds is 5. The second-order valence-electron chi connectivity index (χ2n) is 5.56. The molecule has 0 aliphatic heterocycles. The Morgan fingerprint density at radius 3 is 2.85 bits per heavy atom. The molecule has 0 bridgehead atoms. The first-order valence-corrected chi connectivity index (χ1v) is 8.14. The van der Waals surface area contributed by atoms with Gasteiger partial charge in [0.25, 0.3) is 5.91 Å². The summed E-state index contributed by atoms with van der Waals surface area (Å²) >= 11 is 5.99. The van der Waals surface area contributed by atoms with Crippen LogP contribution in [0.25, 0.3) is 11.2 Å². The van der Waals surface area contributed by atoms with E-state index in [1.54, 1.807) is 25.2 Å². The van der Waals surface area contributed by atoms with Crippen molar-refractivity contribution in [2.75, 3.05) is 12.4 Å². The van der Waals surface area contributed by atoms with Gasteiger partial charge in [-0.05, 0) is 25.1 Å². The Morgan fingerprint density at radius 1 is 1.38 bits per heavy atom. The Hall–Kier alpha value is -3.00. The number of nitrogens with zero attached hydrogens (tertiary/aromatic N) is 2. The number of aromatic amines is 1. The molecule has 0 aliphatic carbocycles. The van der Waals surface area contributed by atoms with Gasteiger partial charge in [0.1, 0.15) is 11.2 Å². The van der Waals surface area contributed by atoms with Gasteiger partial charge in [-0.25, -0.2) is 14.4 Å². The van der Waals surface area contributed by atoms with Crippen molar-refractivity contribution in [3.8, 4) is 0 Å². The molecule has 1 aromatic carbocycles. The van der Waals surface area contributed by atoms with Crippen molar-refractivity contribution in [2.45, 2.75) is 13.2 Å². The smallest absolute Gasteiger partial charge is 0.257 e. The lowest BCUT2D eigenvalue weighted by Gasteiger charge is -2.10. The molecule has 0 unspecified atom stereocenters. The standard InChI is InChI=1S/C17H16ClFN6O/c1-8(19)24-17(26)11-6-22-16-15(11)25-13(7-23-16)14(20)10-4-3-9(18)5-12(10)21-2/h3-8,20-21H,1-2H3,(H,22,23)(H,24,26)/t8-/m0/s1. The third-order valence-corrected chi connectivity index (χ3v) is 3.97. The van der Waals surface area contributed by atoms with Gasteiger partial charge in [0.15, 0.2) is 11.9 Å². The van der Waals surface area contributed by atoms with Gasteiger partial charge in [0.05, 0.1) is 17.5 Å². The summed E-state index contributed by atoms with van der Waals surface area (Å²) in [7, 11) is 1.73. The number of H-pyrrole nitrogens is 1. The van der Waals surface area contributed by atoms with Gasteiger partial charge in [-0.3, -0.25) is 10.2 Å². The number of amides is 1. The number of anilines is 1. The monoisotopic (exact) mass is 374 g/mol. The minimum atomic E-state index is -1.49. The molecular weight excluding hydrogens is 359 g/mol. The summed E-state index contributed by atoms with van der Waals surface area (Å²) in [5, 5.41) is 14.1. The van der Waals surface area contributed by atoms with E-state index in [1.165, 1.54) is 19.3 Å². The molecule has 2 aromatic heterocycles. The number of halogens is 2. The molecule has 26 heavy (non-hydrogen) atoms. The molecule has 4 N–H and O–H groups in total. The molecule has 1 amide bonds. The molecule has 0 spiro atoms. The molecule has 0 saturated heterocycles. The van der Waals surface area contributed by atoms with Gasteiger partial charge in [-0.2, -0.15) is 0 Å². The van der Waals surface area contributed by atoms with Crippen LogP contribution in [0.3, 0.4) is 0 Å². The molecular formula is C17H16ClFN6O. The molecule has 0 saturated carbocycles. The van der Waals surface area contributed by atoms with Crippen LogP contribution in [0.1, 0.15) is 28.5 Å². The Kier molecular flexibility index (Phi) is 4.85. The van der Waals surface area contributed by atoms with E-state index in [2.05, 4.69) is 25.6 Å². The fourth-order valence-electron chi connectivity index (χ4n) is 2.52. The van der Waals surface area contributed by atoms with Crippen LogP contribution in [-0.2, 0) is 0 Å². The molecule has 0 radical (unpaired) electrons. The first kappa shape index (κ1) is 17.8. The molecule has 2 heterocycles. The Labute approximate surface area is 153 Å². The highest BCUT2D eigenvalue weighted by atomic mass is 35.5. The van der Waals surface area contributed by atoms with Crippen molar-refractivity contribution >= 4 is 40.1 Å². The summed E-state index contributed by atoms with van der Waals surface area (Å²) in [6.45, 7) is 1.22. The first-order valence-electron chi connectivity index (χ1n) is 7.76. The van der Waals surface area contributed by atoms with Crippen LogP contribution in [0, 0.1) is 5.41 Å². The molecule has 0 aliphatic rings. The summed E-state index contributed by atoms with van der Waals surface area (Å²) < 4.78 is 13.1. The van der Waals surface area contributed by atoms with E-state index < -0.39 is 12.2 Å². The predicted octanol–water partition coefficient (Wildman–Crippen LogP) is 3.11. The van der Waals surface area contributed by atoms with Crippen molar-refractivity contribution < 1.29 is 9.18 Å². The van der Waals surface area contributed by atoms with Gasteiger partial charge >= 0.3 is 0 Å². The summed E-state index contributed by atoms with van der Waals surface area (Å²) in [5.74, 6) is -0.605. The van der Waals surface area contributed by atoms with E-state index in [9.17, 15) is 9.18 Å². The molecule has 134 valence electrons. The van der Waals surface area contributed by atoms with Gasteiger partial charge in [0.2, 0.25) is 0 Å². The summed E-state index contributed by atoms with van der Waals surface area (Å²) in [6.07, 6.45) is 1.36. The lowest BCUT2D eigenvalue weighted by atomic mass is 10.1. The Morgan fingerprint density at radius 2 is 2.15 bits per heavy atom. The SMILES string of the molecule is CNc1cc(Cl)ccc1C(=N)c1cnc2[nH]cc(C(=O)N[C@@H](C)F)c2n1. The van der Waals surface area contributed by atoms with E-state index in [1.807, 2.05) is 0 Å². The second kappa shape index (κ2) is 7.09. The van der Waals surface area contributed by atoms with E-state index in [0.717, 1.165) is 0 Å². The van der Waals surface area contributed by atoms with Crippen molar-refractivity contribution in [3.63, 3.8) is 0 Å². The van der Waals surface area contributed by atoms with E-state index in [-0.39, 0.29) is 22.5 Å². The van der Waals surface area contributed by atoms with Crippen molar-refractivity contribution in [3.05, 3.63) is 52.4 Å². The maximum absolute atomic E-state index is 13.1. The highest BCUT2D eigenvalue weighted by Gasteiger charge is 2.18. The average molecular weight is 375 g/mol. The van der Waals surface area contributed by atoms with Crippen molar-refractivity contribution in [2.24, 2.45) is 0 Å². The lowest BCUT2D eigenvalue weighted by Crippen LogP contribution is -2.29. The van der Waals surface area contributed by atoms with Crippen LogP contribution >= 0.6 is 11.6 Å². The summed E-state index contributed by atoms with van der Waals surface area (Å²) in [6, 6.07) is 5.09. The van der Waals surface area contributed by atoms with Crippen LogP contribution in [0.2, 0.25) is 5.02 Å². The number of aromatic nitrogens is 3. The fourth-order valence-corrected chi connectivity index (χ4v) is 2.69. The predicted molar refractivity (Wildman–Crippen MR) is 98.9 cm³/mol. The molecule has 9 heteroatoms. The number of fused-ring (bicyclic) bond motifs is 1. The summed E-state index contributed by atoms with van der Waals surface area (Å²) in [5.41, 5.74) is 2.46. The number of benzene rings is 1. The van der Waals surface area contributed by atoms with E-state index >= 15 is 0 Å². The molecule has 1 atom stereocenters. The molecule has 3 aromatic rings. The third kappa shape index (κ3) is 3.36. The maximum Gasteiger partial charge on any atom is 0.257 e. The number of carbonyl (C=O) groups excluding carboxylic acids is 1. The topological polar surface area (TPSA) is 107 Å². The van der Waals surface area contributed by atoms with Gasteiger partial charge in [-0.1, -0.05) is 11.6 Å².